The van der Waals surface area contributed by atoms with Crippen molar-refractivity contribution in [1.29, 1.82) is 0 Å². The number of carbonyl (C=O) groups is 1. The van der Waals surface area contributed by atoms with Crippen LogP contribution in [0, 0.1) is 25.2 Å². The van der Waals surface area contributed by atoms with Gasteiger partial charge >= 0.3 is 0 Å². The van der Waals surface area contributed by atoms with Crippen LogP contribution in [0.3, 0.4) is 0 Å². The minimum Gasteiger partial charge on any atom is -0.391 e. The number of hydrogen-bond acceptors (Lipinski definition) is 2. The second kappa shape index (κ2) is 4.11. The Labute approximate surface area is 95.3 Å². The lowest BCUT2D eigenvalue weighted by Gasteiger charge is -2.13. The van der Waals surface area contributed by atoms with E-state index in [9.17, 15) is 9.90 Å². The summed E-state index contributed by atoms with van der Waals surface area (Å²) in [5.74, 6) is 2.09. The van der Waals surface area contributed by atoms with Crippen molar-refractivity contribution in [3.8, 4) is 12.3 Å². The molecule has 2 atom stereocenters. The SMILES string of the molecule is C#CCC(O)C1Cc2cccc(C)c2C1=O. The third-order valence-corrected chi connectivity index (χ3v) is 3.17. The number of hydrogen-bond donors (Lipinski definition) is 1. The smallest absolute Gasteiger partial charge is 0.169 e. The molecule has 1 N–H and O–H groups in total. The Morgan fingerprint density at radius 3 is 3.00 bits per heavy atom. The minimum absolute atomic E-state index is 0.0378. The molecule has 0 heterocycles. The molecule has 0 spiro atoms. The largest absolute Gasteiger partial charge is 0.391 e. The van der Waals surface area contributed by atoms with Crippen LogP contribution >= 0.6 is 0 Å². The van der Waals surface area contributed by atoms with Crippen LogP contribution in [0.15, 0.2) is 18.2 Å². The van der Waals surface area contributed by atoms with Crippen LogP contribution in [0.5, 0.6) is 0 Å². The quantitative estimate of drug-likeness (QED) is 0.761. The van der Waals surface area contributed by atoms with Crippen LogP contribution in [0.4, 0.5) is 0 Å². The number of aliphatic hydroxyl groups is 1. The van der Waals surface area contributed by atoms with E-state index < -0.39 is 6.10 Å². The summed E-state index contributed by atoms with van der Waals surface area (Å²) in [7, 11) is 0. The lowest BCUT2D eigenvalue weighted by Crippen LogP contribution is -2.25. The molecule has 0 aromatic heterocycles. The van der Waals surface area contributed by atoms with Crippen LogP contribution in [-0.2, 0) is 6.42 Å². The van der Waals surface area contributed by atoms with Crippen LogP contribution in [0.25, 0.3) is 0 Å². The summed E-state index contributed by atoms with van der Waals surface area (Å²) in [6.07, 6.45) is 5.29. The number of fused-ring (bicyclic) bond motifs is 1. The maximum Gasteiger partial charge on any atom is 0.169 e. The normalized spacial score (nSPS) is 20.3. The first-order valence-corrected chi connectivity index (χ1v) is 5.39. The summed E-state index contributed by atoms with van der Waals surface area (Å²) in [5.41, 5.74) is 2.80. The zero-order chi connectivity index (χ0) is 11.7. The molecule has 0 bridgehead atoms. The van der Waals surface area contributed by atoms with Gasteiger partial charge in [0.1, 0.15) is 0 Å². The molecule has 0 fully saturated rings. The van der Waals surface area contributed by atoms with E-state index in [4.69, 9.17) is 6.42 Å². The first-order valence-electron chi connectivity index (χ1n) is 5.39. The average Bonchev–Trinajstić information content (AvgIpc) is 2.58. The molecule has 82 valence electrons. The molecular formula is C14H14O2. The van der Waals surface area contributed by atoms with Crippen molar-refractivity contribution in [2.24, 2.45) is 5.92 Å². The monoisotopic (exact) mass is 214 g/mol. The summed E-state index contributed by atoms with van der Waals surface area (Å²) in [4.78, 5) is 12.1. The van der Waals surface area contributed by atoms with Crippen LogP contribution < -0.4 is 0 Å². The molecule has 1 aliphatic rings. The van der Waals surface area contributed by atoms with Gasteiger partial charge in [0.05, 0.1) is 12.0 Å². The molecule has 1 aromatic rings. The Balaban J connectivity index is 2.32. The zero-order valence-corrected chi connectivity index (χ0v) is 9.23. The predicted molar refractivity (Wildman–Crippen MR) is 62.2 cm³/mol. The molecule has 0 saturated heterocycles. The van der Waals surface area contributed by atoms with E-state index in [2.05, 4.69) is 5.92 Å². The molecular weight excluding hydrogens is 200 g/mol. The summed E-state index contributed by atoms with van der Waals surface area (Å²) in [5, 5.41) is 9.82. The zero-order valence-electron chi connectivity index (χ0n) is 9.23. The fourth-order valence-corrected chi connectivity index (χ4v) is 2.34. The van der Waals surface area contributed by atoms with Gasteiger partial charge < -0.3 is 5.11 Å². The van der Waals surface area contributed by atoms with Crippen molar-refractivity contribution in [3.05, 3.63) is 34.9 Å². The van der Waals surface area contributed by atoms with E-state index in [-0.39, 0.29) is 18.1 Å². The summed E-state index contributed by atoms with van der Waals surface area (Å²) >= 11 is 0. The van der Waals surface area contributed by atoms with E-state index in [1.165, 1.54) is 0 Å². The van der Waals surface area contributed by atoms with Gasteiger partial charge in [-0.2, -0.15) is 0 Å². The minimum atomic E-state index is -0.718. The van der Waals surface area contributed by atoms with Gasteiger partial charge in [-0.15, -0.1) is 12.3 Å². The molecule has 16 heavy (non-hydrogen) atoms. The van der Waals surface area contributed by atoms with Crippen molar-refractivity contribution in [2.75, 3.05) is 0 Å². The van der Waals surface area contributed by atoms with Crippen molar-refractivity contribution in [3.63, 3.8) is 0 Å². The standard InChI is InChI=1S/C14H14O2/c1-3-5-12(15)11-8-10-7-4-6-9(2)13(10)14(11)16/h1,4,6-7,11-12,15H,5,8H2,2H3. The Kier molecular flexibility index (Phi) is 2.80. The molecule has 0 aliphatic heterocycles. The molecule has 2 heteroatoms. The van der Waals surface area contributed by atoms with Crippen LogP contribution in [0.2, 0.25) is 0 Å². The number of ketones is 1. The molecule has 2 rings (SSSR count). The van der Waals surface area contributed by atoms with Gasteiger partial charge in [-0.3, -0.25) is 4.79 Å². The number of aliphatic hydroxyl groups excluding tert-OH is 1. The highest BCUT2D eigenvalue weighted by Gasteiger charge is 2.35. The van der Waals surface area contributed by atoms with Crippen molar-refractivity contribution in [2.45, 2.75) is 25.9 Å². The molecule has 1 aliphatic carbocycles. The topological polar surface area (TPSA) is 37.3 Å². The molecule has 0 radical (unpaired) electrons. The highest BCUT2D eigenvalue weighted by atomic mass is 16.3. The second-order valence-electron chi connectivity index (χ2n) is 4.26. The Hall–Kier alpha value is -1.59. The highest BCUT2D eigenvalue weighted by Crippen LogP contribution is 2.31. The van der Waals surface area contributed by atoms with E-state index in [0.717, 1.165) is 16.7 Å². The van der Waals surface area contributed by atoms with Crippen molar-refractivity contribution < 1.29 is 9.90 Å². The molecule has 2 nitrogen and oxygen atoms in total. The Morgan fingerprint density at radius 1 is 1.62 bits per heavy atom. The van der Waals surface area contributed by atoms with E-state index in [1.807, 2.05) is 25.1 Å². The highest BCUT2D eigenvalue weighted by molar-refractivity contribution is 6.03. The van der Waals surface area contributed by atoms with Crippen molar-refractivity contribution in [1.82, 2.24) is 0 Å². The van der Waals surface area contributed by atoms with E-state index in [0.29, 0.717) is 6.42 Å². The maximum atomic E-state index is 12.1. The molecule has 0 saturated carbocycles. The maximum absolute atomic E-state index is 12.1. The van der Waals surface area contributed by atoms with E-state index >= 15 is 0 Å². The summed E-state index contributed by atoms with van der Waals surface area (Å²) in [6, 6.07) is 5.81. The fourth-order valence-electron chi connectivity index (χ4n) is 2.34. The van der Waals surface area contributed by atoms with Gasteiger partial charge in [-0.05, 0) is 24.5 Å². The van der Waals surface area contributed by atoms with Gasteiger partial charge in [0, 0.05) is 12.0 Å². The van der Waals surface area contributed by atoms with Gasteiger partial charge in [0.25, 0.3) is 0 Å². The fraction of sp³-hybridized carbons (Fsp3) is 0.357. The third-order valence-electron chi connectivity index (χ3n) is 3.17. The first-order chi connectivity index (χ1) is 7.65. The summed E-state index contributed by atoms with van der Waals surface area (Å²) < 4.78 is 0. The third kappa shape index (κ3) is 1.64. The van der Waals surface area contributed by atoms with Crippen LogP contribution in [-0.4, -0.2) is 17.0 Å². The number of rotatable bonds is 2. The average molecular weight is 214 g/mol. The molecule has 0 amide bonds. The second-order valence-corrected chi connectivity index (χ2v) is 4.26. The number of aryl methyl sites for hydroxylation is 1. The Morgan fingerprint density at radius 2 is 2.38 bits per heavy atom. The van der Waals surface area contributed by atoms with Gasteiger partial charge in [-0.1, -0.05) is 18.2 Å². The predicted octanol–water partition coefficient (Wildman–Crippen LogP) is 1.73. The van der Waals surface area contributed by atoms with Gasteiger partial charge in [0.2, 0.25) is 0 Å². The number of benzene rings is 1. The lowest BCUT2D eigenvalue weighted by atomic mass is 9.95. The lowest BCUT2D eigenvalue weighted by molar-refractivity contribution is 0.0725. The van der Waals surface area contributed by atoms with Crippen LogP contribution in [0.1, 0.15) is 27.9 Å². The Bertz CT molecular complexity index is 468. The summed E-state index contributed by atoms with van der Waals surface area (Å²) in [6.45, 7) is 1.92. The number of carbonyl (C=O) groups excluding carboxylic acids is 1. The first kappa shape index (κ1) is 10.9. The molecule has 1 aromatic carbocycles. The van der Waals surface area contributed by atoms with Gasteiger partial charge in [0.15, 0.2) is 5.78 Å². The van der Waals surface area contributed by atoms with E-state index in [1.54, 1.807) is 0 Å². The molecule has 2 unspecified atom stereocenters. The van der Waals surface area contributed by atoms with Gasteiger partial charge in [-0.25, -0.2) is 0 Å². The number of Topliss-reactive ketones (excluding diaryl/α,β-unsaturated/α-hetero) is 1. The van der Waals surface area contributed by atoms with Crippen molar-refractivity contribution >= 4 is 5.78 Å². The number of terminal acetylenes is 1.